The van der Waals surface area contributed by atoms with Crippen molar-refractivity contribution in [3.05, 3.63) is 40.4 Å². The van der Waals surface area contributed by atoms with Gasteiger partial charge in [0.25, 0.3) is 0 Å². The third-order valence-electron chi connectivity index (χ3n) is 4.95. The van der Waals surface area contributed by atoms with Crippen molar-refractivity contribution < 1.29 is 4.79 Å². The van der Waals surface area contributed by atoms with E-state index >= 15 is 0 Å². The Morgan fingerprint density at radius 1 is 1.28 bits per heavy atom. The predicted molar refractivity (Wildman–Crippen MR) is 105 cm³/mol. The van der Waals surface area contributed by atoms with Gasteiger partial charge in [0.05, 0.1) is 5.75 Å². The quantitative estimate of drug-likeness (QED) is 0.782. The van der Waals surface area contributed by atoms with Gasteiger partial charge in [0.15, 0.2) is 5.13 Å². The van der Waals surface area contributed by atoms with E-state index in [1.54, 1.807) is 23.1 Å². The molecule has 2 aromatic rings. The Hall–Kier alpha value is -1.37. The summed E-state index contributed by atoms with van der Waals surface area (Å²) in [7, 11) is 0. The number of aromatic nitrogens is 1. The van der Waals surface area contributed by atoms with Gasteiger partial charge >= 0.3 is 0 Å². The lowest BCUT2D eigenvalue weighted by atomic mass is 9.97. The summed E-state index contributed by atoms with van der Waals surface area (Å²) in [5.41, 5.74) is 2.93. The summed E-state index contributed by atoms with van der Waals surface area (Å²) in [6.45, 7) is 2.14. The molecule has 1 aromatic heterocycles. The average Bonchev–Trinajstić information content (AvgIpc) is 3.29. The van der Waals surface area contributed by atoms with Gasteiger partial charge < -0.3 is 10.6 Å². The lowest BCUT2D eigenvalue weighted by Gasteiger charge is -2.20. The van der Waals surface area contributed by atoms with Crippen molar-refractivity contribution in [3.63, 3.8) is 0 Å². The molecule has 1 aliphatic heterocycles. The van der Waals surface area contributed by atoms with Crippen molar-refractivity contribution in [2.75, 3.05) is 24.2 Å². The van der Waals surface area contributed by atoms with Crippen LogP contribution in [0.3, 0.4) is 0 Å². The summed E-state index contributed by atoms with van der Waals surface area (Å²) >= 11 is 3.23. The monoisotopic (exact) mass is 373 g/mol. The number of thioether (sulfide) groups is 1. The number of benzene rings is 1. The summed E-state index contributed by atoms with van der Waals surface area (Å²) in [4.78, 5) is 19.1. The molecule has 0 radical (unpaired) electrons. The van der Waals surface area contributed by atoms with Crippen molar-refractivity contribution in [2.24, 2.45) is 0 Å². The highest BCUT2D eigenvalue weighted by Gasteiger charge is 2.18. The molecular weight excluding hydrogens is 350 g/mol. The van der Waals surface area contributed by atoms with E-state index in [2.05, 4.69) is 33.8 Å². The molecule has 1 amide bonds. The van der Waals surface area contributed by atoms with Crippen molar-refractivity contribution in [1.82, 2.24) is 10.3 Å². The number of carbonyl (C=O) groups is 1. The minimum Gasteiger partial charge on any atom is -0.317 e. The fourth-order valence-corrected chi connectivity index (χ4v) is 5.34. The maximum atomic E-state index is 12.2. The fourth-order valence-electron chi connectivity index (χ4n) is 3.58. The van der Waals surface area contributed by atoms with Crippen LogP contribution in [0.2, 0.25) is 0 Å². The molecule has 132 valence electrons. The predicted octanol–water partition coefficient (Wildman–Crippen LogP) is 3.83. The largest absolute Gasteiger partial charge is 0.317 e. The number of thiazole rings is 1. The number of hydrogen-bond acceptors (Lipinski definition) is 5. The number of hydrogen-bond donors (Lipinski definition) is 2. The lowest BCUT2D eigenvalue weighted by Crippen LogP contribution is -2.26. The molecule has 25 heavy (non-hydrogen) atoms. The second-order valence-corrected chi connectivity index (χ2v) is 8.82. The summed E-state index contributed by atoms with van der Waals surface area (Å²) in [6, 6.07) is 6.61. The van der Waals surface area contributed by atoms with Crippen LogP contribution in [0.5, 0.6) is 0 Å². The summed E-state index contributed by atoms with van der Waals surface area (Å²) in [5.74, 6) is 1.04. The van der Waals surface area contributed by atoms with Crippen LogP contribution >= 0.6 is 23.1 Å². The van der Waals surface area contributed by atoms with E-state index in [0.29, 0.717) is 11.7 Å². The van der Waals surface area contributed by atoms with Gasteiger partial charge in [-0.1, -0.05) is 6.07 Å². The Morgan fingerprint density at radius 2 is 2.12 bits per heavy atom. The zero-order chi connectivity index (χ0) is 17.1. The van der Waals surface area contributed by atoms with Crippen LogP contribution in [0, 0.1) is 0 Å². The molecule has 1 aromatic carbocycles. The first-order valence-corrected chi connectivity index (χ1v) is 10.8. The normalized spacial score (nSPS) is 17.4. The number of nitrogens with zero attached hydrogens (tertiary/aromatic N) is 1. The van der Waals surface area contributed by atoms with Crippen LogP contribution in [0.25, 0.3) is 0 Å². The smallest absolute Gasteiger partial charge is 0.236 e. The molecule has 6 heteroatoms. The topological polar surface area (TPSA) is 54.0 Å². The molecule has 1 saturated heterocycles. The van der Waals surface area contributed by atoms with Crippen LogP contribution < -0.4 is 10.6 Å². The van der Waals surface area contributed by atoms with Gasteiger partial charge in [-0.05, 0) is 74.4 Å². The van der Waals surface area contributed by atoms with Crippen molar-refractivity contribution >= 4 is 34.1 Å². The van der Waals surface area contributed by atoms with E-state index in [4.69, 9.17) is 0 Å². The SMILES string of the molecule is O=C(CSc1ccc2c(c1)CCC2)Nc1ncc(C2CCNCC2)s1. The van der Waals surface area contributed by atoms with Gasteiger partial charge in [0.2, 0.25) is 5.91 Å². The molecule has 4 rings (SSSR count). The molecule has 0 unspecified atom stereocenters. The van der Waals surface area contributed by atoms with Gasteiger partial charge in [0, 0.05) is 16.0 Å². The maximum absolute atomic E-state index is 12.2. The third kappa shape index (κ3) is 4.25. The Labute approximate surface area is 156 Å². The number of rotatable bonds is 5. The molecule has 2 heterocycles. The molecule has 2 aliphatic rings. The minimum absolute atomic E-state index is 0.0247. The Balaban J connectivity index is 1.29. The molecule has 4 nitrogen and oxygen atoms in total. The van der Waals surface area contributed by atoms with Crippen LogP contribution in [0.1, 0.15) is 41.2 Å². The summed E-state index contributed by atoms with van der Waals surface area (Å²) < 4.78 is 0. The minimum atomic E-state index is 0.0247. The zero-order valence-corrected chi connectivity index (χ0v) is 15.8. The van der Waals surface area contributed by atoms with Crippen molar-refractivity contribution in [3.8, 4) is 0 Å². The molecule has 0 saturated carbocycles. The number of fused-ring (bicyclic) bond motifs is 1. The zero-order valence-electron chi connectivity index (χ0n) is 14.2. The Morgan fingerprint density at radius 3 is 3.00 bits per heavy atom. The lowest BCUT2D eigenvalue weighted by molar-refractivity contribution is -0.113. The number of amides is 1. The average molecular weight is 374 g/mol. The first-order valence-electron chi connectivity index (χ1n) is 8.99. The first-order chi connectivity index (χ1) is 12.3. The fraction of sp³-hybridized carbons (Fsp3) is 0.474. The van der Waals surface area contributed by atoms with Crippen LogP contribution in [0.15, 0.2) is 29.3 Å². The number of piperidine rings is 1. The molecule has 1 fully saturated rings. The Bertz CT molecular complexity index is 753. The molecular formula is C19H23N3OS2. The standard InChI is InChI=1S/C19H23N3OS2/c23-18(12-24-16-5-4-13-2-1-3-15(13)10-16)22-19-21-11-17(25-19)14-6-8-20-9-7-14/h4-5,10-11,14,20H,1-3,6-9,12H2,(H,21,22,23). The Kier molecular flexibility index (Phi) is 5.39. The van der Waals surface area contributed by atoms with Gasteiger partial charge in [-0.25, -0.2) is 4.98 Å². The van der Waals surface area contributed by atoms with Crippen molar-refractivity contribution in [1.29, 1.82) is 0 Å². The van der Waals surface area contributed by atoms with E-state index in [9.17, 15) is 4.79 Å². The maximum Gasteiger partial charge on any atom is 0.236 e. The molecule has 1 aliphatic carbocycles. The molecule has 0 spiro atoms. The van der Waals surface area contributed by atoms with E-state index in [1.807, 2.05) is 6.20 Å². The number of anilines is 1. The summed E-state index contributed by atoms with van der Waals surface area (Å²) in [6.07, 6.45) is 7.88. The van der Waals surface area contributed by atoms with E-state index < -0.39 is 0 Å². The van der Waals surface area contributed by atoms with Gasteiger partial charge in [-0.3, -0.25) is 4.79 Å². The molecule has 0 atom stereocenters. The number of nitrogens with one attached hydrogen (secondary N) is 2. The second kappa shape index (κ2) is 7.89. The van der Waals surface area contributed by atoms with Crippen LogP contribution in [-0.2, 0) is 17.6 Å². The van der Waals surface area contributed by atoms with Gasteiger partial charge in [0.1, 0.15) is 0 Å². The van der Waals surface area contributed by atoms with Gasteiger partial charge in [-0.15, -0.1) is 23.1 Å². The second-order valence-electron chi connectivity index (χ2n) is 6.71. The van der Waals surface area contributed by atoms with E-state index in [-0.39, 0.29) is 5.91 Å². The van der Waals surface area contributed by atoms with E-state index in [0.717, 1.165) is 31.1 Å². The molecule has 0 bridgehead atoms. The third-order valence-corrected chi connectivity index (χ3v) is 7.02. The molecule has 2 N–H and O–H groups in total. The van der Waals surface area contributed by atoms with Crippen molar-refractivity contribution in [2.45, 2.75) is 42.9 Å². The highest BCUT2D eigenvalue weighted by molar-refractivity contribution is 8.00. The highest BCUT2D eigenvalue weighted by Crippen LogP contribution is 2.32. The van der Waals surface area contributed by atoms with Crippen LogP contribution in [-0.4, -0.2) is 29.7 Å². The number of aryl methyl sites for hydroxylation is 2. The van der Waals surface area contributed by atoms with Crippen LogP contribution in [0.4, 0.5) is 5.13 Å². The summed E-state index contributed by atoms with van der Waals surface area (Å²) in [5, 5.41) is 7.07. The first kappa shape index (κ1) is 17.1. The van der Waals surface area contributed by atoms with Gasteiger partial charge in [-0.2, -0.15) is 0 Å². The number of carbonyl (C=O) groups excluding carboxylic acids is 1. The van der Waals surface area contributed by atoms with E-state index in [1.165, 1.54) is 40.2 Å². The highest BCUT2D eigenvalue weighted by atomic mass is 32.2.